The molecule has 0 radical (unpaired) electrons. The van der Waals surface area contributed by atoms with Crippen LogP contribution < -0.4 is 18.9 Å². The van der Waals surface area contributed by atoms with Gasteiger partial charge in [-0.1, -0.05) is 0 Å². The molecule has 12 nitrogen and oxygen atoms in total. The number of aromatic nitrogens is 6. The van der Waals surface area contributed by atoms with Gasteiger partial charge in [-0.2, -0.15) is 10.2 Å². The first-order valence-electron chi connectivity index (χ1n) is 11.7. The molecule has 4 aromatic rings. The second-order valence-corrected chi connectivity index (χ2v) is 8.37. The van der Waals surface area contributed by atoms with Crippen molar-refractivity contribution in [3.63, 3.8) is 0 Å². The second-order valence-electron chi connectivity index (χ2n) is 8.37. The predicted molar refractivity (Wildman–Crippen MR) is 132 cm³/mol. The highest BCUT2D eigenvalue weighted by Crippen LogP contribution is 2.40. The molecule has 12 heteroatoms. The molecule has 1 aromatic carbocycles. The van der Waals surface area contributed by atoms with Crippen LogP contribution in [0.5, 0.6) is 23.1 Å². The Morgan fingerprint density at radius 2 is 1.76 bits per heavy atom. The van der Waals surface area contributed by atoms with E-state index >= 15 is 0 Å². The van der Waals surface area contributed by atoms with Crippen LogP contribution in [0.2, 0.25) is 0 Å². The van der Waals surface area contributed by atoms with Crippen LogP contribution in [-0.2, 0) is 0 Å². The zero-order valence-corrected chi connectivity index (χ0v) is 20.7. The SMILES string of the molecule is COc1cc(-c2cc(C(=O)N3CCC(Oc4ccc(-n5cccn5)nn4)CC3)[nH]n2)cc(OC)c1OC. The summed E-state index contributed by atoms with van der Waals surface area (Å²) >= 11 is 0. The van der Waals surface area contributed by atoms with E-state index in [1.54, 1.807) is 73.6 Å². The van der Waals surface area contributed by atoms with Crippen LogP contribution in [0.1, 0.15) is 23.3 Å². The molecule has 1 N–H and O–H groups in total. The summed E-state index contributed by atoms with van der Waals surface area (Å²) in [4.78, 5) is 14.9. The number of aromatic amines is 1. The van der Waals surface area contributed by atoms with E-state index in [1.165, 1.54) is 0 Å². The number of amides is 1. The lowest BCUT2D eigenvalue weighted by Gasteiger charge is -2.31. The maximum absolute atomic E-state index is 13.1. The summed E-state index contributed by atoms with van der Waals surface area (Å²) in [5, 5.41) is 19.6. The third-order valence-electron chi connectivity index (χ3n) is 6.15. The summed E-state index contributed by atoms with van der Waals surface area (Å²) in [5.74, 6) is 2.46. The number of piperidine rings is 1. The van der Waals surface area contributed by atoms with Crippen molar-refractivity contribution >= 4 is 5.91 Å². The average molecular weight is 506 g/mol. The number of nitrogens with zero attached hydrogens (tertiary/aromatic N) is 6. The summed E-state index contributed by atoms with van der Waals surface area (Å²) in [7, 11) is 4.65. The molecule has 3 aromatic heterocycles. The molecule has 0 aliphatic carbocycles. The number of hydrogen-bond acceptors (Lipinski definition) is 9. The molecule has 0 atom stereocenters. The second kappa shape index (κ2) is 10.6. The Hall–Kier alpha value is -4.61. The van der Waals surface area contributed by atoms with Crippen molar-refractivity contribution < 1.29 is 23.7 Å². The van der Waals surface area contributed by atoms with E-state index in [4.69, 9.17) is 18.9 Å². The number of carbonyl (C=O) groups is 1. The van der Waals surface area contributed by atoms with Gasteiger partial charge in [-0.3, -0.25) is 9.89 Å². The Morgan fingerprint density at radius 1 is 1.00 bits per heavy atom. The van der Waals surface area contributed by atoms with E-state index in [1.807, 2.05) is 6.07 Å². The molecule has 4 heterocycles. The van der Waals surface area contributed by atoms with Crippen LogP contribution in [0.15, 0.2) is 48.8 Å². The normalized spacial score (nSPS) is 13.9. The molecule has 1 aliphatic heterocycles. The van der Waals surface area contributed by atoms with Gasteiger partial charge in [0.15, 0.2) is 17.3 Å². The van der Waals surface area contributed by atoms with E-state index in [-0.39, 0.29) is 12.0 Å². The Balaban J connectivity index is 1.20. The molecule has 0 spiro atoms. The van der Waals surface area contributed by atoms with E-state index < -0.39 is 0 Å². The highest BCUT2D eigenvalue weighted by molar-refractivity contribution is 5.93. The third-order valence-corrected chi connectivity index (χ3v) is 6.15. The number of carbonyl (C=O) groups excluding carboxylic acids is 1. The number of nitrogens with one attached hydrogen (secondary N) is 1. The first-order valence-corrected chi connectivity index (χ1v) is 11.7. The molecule has 0 bridgehead atoms. The highest BCUT2D eigenvalue weighted by Gasteiger charge is 2.26. The number of hydrogen-bond donors (Lipinski definition) is 1. The number of likely N-dealkylation sites (tertiary alicyclic amines) is 1. The van der Waals surface area contributed by atoms with E-state index in [9.17, 15) is 4.79 Å². The van der Waals surface area contributed by atoms with Crippen LogP contribution in [-0.4, -0.2) is 81.5 Å². The monoisotopic (exact) mass is 505 g/mol. The number of H-pyrrole nitrogens is 1. The van der Waals surface area contributed by atoms with Crippen LogP contribution in [0.4, 0.5) is 0 Å². The van der Waals surface area contributed by atoms with Gasteiger partial charge in [0.25, 0.3) is 5.91 Å². The van der Waals surface area contributed by atoms with Crippen molar-refractivity contribution in [2.75, 3.05) is 34.4 Å². The molecule has 5 rings (SSSR count). The summed E-state index contributed by atoms with van der Waals surface area (Å²) in [6, 6.07) is 10.7. The maximum atomic E-state index is 13.1. The number of methoxy groups -OCH3 is 3. The fraction of sp³-hybridized carbons (Fsp3) is 0.320. The lowest BCUT2D eigenvalue weighted by atomic mass is 10.1. The number of ether oxygens (including phenoxy) is 4. The van der Waals surface area contributed by atoms with E-state index in [2.05, 4.69) is 25.5 Å². The summed E-state index contributed by atoms with van der Waals surface area (Å²) in [6.07, 6.45) is 4.79. The Bertz CT molecular complexity index is 1320. The number of benzene rings is 1. The van der Waals surface area contributed by atoms with Gasteiger partial charge in [0, 0.05) is 50.0 Å². The van der Waals surface area contributed by atoms with Crippen molar-refractivity contribution in [1.29, 1.82) is 0 Å². The Labute approximate surface area is 213 Å². The van der Waals surface area contributed by atoms with E-state index in [0.29, 0.717) is 66.3 Å². The molecule has 1 amide bonds. The van der Waals surface area contributed by atoms with Crippen molar-refractivity contribution in [3.05, 3.63) is 54.5 Å². The van der Waals surface area contributed by atoms with Crippen LogP contribution in [0, 0.1) is 0 Å². The summed E-state index contributed by atoms with van der Waals surface area (Å²) in [6.45, 7) is 1.11. The quantitative estimate of drug-likeness (QED) is 0.384. The van der Waals surface area contributed by atoms with Crippen LogP contribution in [0.25, 0.3) is 17.1 Å². The molecule has 192 valence electrons. The molecule has 37 heavy (non-hydrogen) atoms. The lowest BCUT2D eigenvalue weighted by Crippen LogP contribution is -2.42. The zero-order valence-electron chi connectivity index (χ0n) is 20.7. The molecular weight excluding hydrogens is 478 g/mol. The van der Waals surface area contributed by atoms with E-state index in [0.717, 1.165) is 5.56 Å². The molecule has 0 saturated carbocycles. The van der Waals surface area contributed by atoms with Gasteiger partial charge >= 0.3 is 0 Å². The first kappa shape index (κ1) is 24.1. The van der Waals surface area contributed by atoms with Gasteiger partial charge in [-0.05, 0) is 30.3 Å². The smallest absolute Gasteiger partial charge is 0.271 e. The molecule has 1 saturated heterocycles. The van der Waals surface area contributed by atoms with Crippen molar-refractivity contribution in [3.8, 4) is 40.2 Å². The first-order chi connectivity index (χ1) is 18.1. The maximum Gasteiger partial charge on any atom is 0.271 e. The van der Waals surface area contributed by atoms with Crippen molar-refractivity contribution in [1.82, 2.24) is 35.1 Å². The summed E-state index contributed by atoms with van der Waals surface area (Å²) < 4.78 is 23.8. The van der Waals surface area contributed by atoms with Gasteiger partial charge in [0.1, 0.15) is 11.8 Å². The van der Waals surface area contributed by atoms with Crippen LogP contribution >= 0.6 is 0 Å². The van der Waals surface area contributed by atoms with Crippen LogP contribution in [0.3, 0.4) is 0 Å². The summed E-state index contributed by atoms with van der Waals surface area (Å²) in [5.41, 5.74) is 1.73. The minimum absolute atomic E-state index is 0.0505. The molecule has 1 aliphatic rings. The Kier molecular flexibility index (Phi) is 6.88. The van der Waals surface area contributed by atoms with Gasteiger partial charge in [-0.25, -0.2) is 4.68 Å². The molecule has 1 fully saturated rings. The third kappa shape index (κ3) is 5.03. The highest BCUT2D eigenvalue weighted by atomic mass is 16.5. The van der Waals surface area contributed by atoms with Gasteiger partial charge in [-0.15, -0.1) is 10.2 Å². The predicted octanol–water partition coefficient (Wildman–Crippen LogP) is 2.76. The molecule has 0 unspecified atom stereocenters. The van der Waals surface area contributed by atoms with Gasteiger partial charge < -0.3 is 23.8 Å². The Morgan fingerprint density at radius 3 is 2.35 bits per heavy atom. The lowest BCUT2D eigenvalue weighted by molar-refractivity contribution is 0.0580. The van der Waals surface area contributed by atoms with Crippen molar-refractivity contribution in [2.24, 2.45) is 0 Å². The fourth-order valence-electron chi connectivity index (χ4n) is 4.23. The number of rotatable bonds is 8. The van der Waals surface area contributed by atoms with Gasteiger partial charge in [0.05, 0.1) is 27.0 Å². The van der Waals surface area contributed by atoms with Crippen molar-refractivity contribution in [2.45, 2.75) is 18.9 Å². The standard InChI is InChI=1S/C25H27N7O5/c1-34-20-13-16(14-21(35-2)24(20)36-3)18-15-19(28-27-18)25(33)31-11-7-17(8-12-31)37-23-6-5-22(29-30-23)32-10-4-9-26-32/h4-6,9-10,13-15,17H,7-8,11-12H2,1-3H3,(H,27,28). The molecular formula is C25H27N7O5. The van der Waals surface area contributed by atoms with Gasteiger partial charge in [0.2, 0.25) is 11.6 Å². The zero-order chi connectivity index (χ0) is 25.8. The minimum Gasteiger partial charge on any atom is -0.493 e. The fourth-order valence-corrected chi connectivity index (χ4v) is 4.23. The topological polar surface area (TPSA) is 130 Å². The minimum atomic E-state index is -0.118. The average Bonchev–Trinajstić information content (AvgIpc) is 3.66. The largest absolute Gasteiger partial charge is 0.493 e.